The van der Waals surface area contributed by atoms with Crippen LogP contribution in [-0.4, -0.2) is 30.3 Å². The second-order valence-corrected chi connectivity index (χ2v) is 5.24. The average molecular weight is 298 g/mol. The Morgan fingerprint density at radius 2 is 1.95 bits per heavy atom. The summed E-state index contributed by atoms with van der Waals surface area (Å²) in [4.78, 5) is 14.2. The normalized spacial score (nSPS) is 17.0. The van der Waals surface area contributed by atoms with Crippen molar-refractivity contribution in [3.8, 4) is 5.75 Å². The smallest absolute Gasteiger partial charge is 0.268 e. The van der Waals surface area contributed by atoms with Crippen LogP contribution in [0.3, 0.4) is 0 Å². The minimum atomic E-state index is -0.608. The zero-order chi connectivity index (χ0) is 15.5. The van der Waals surface area contributed by atoms with Crippen LogP contribution in [0, 0.1) is 0 Å². The van der Waals surface area contributed by atoms with Crippen molar-refractivity contribution in [1.82, 2.24) is 0 Å². The van der Waals surface area contributed by atoms with Gasteiger partial charge in [-0.05, 0) is 17.7 Å². The van der Waals surface area contributed by atoms with E-state index in [0.29, 0.717) is 23.5 Å². The molecular formula is C17H18N2O3. The van der Waals surface area contributed by atoms with Gasteiger partial charge in [0.05, 0.1) is 12.3 Å². The van der Waals surface area contributed by atoms with Gasteiger partial charge in [0.2, 0.25) is 0 Å². The van der Waals surface area contributed by atoms with Gasteiger partial charge in [0, 0.05) is 24.7 Å². The third-order valence-corrected chi connectivity index (χ3v) is 3.67. The number of amides is 1. The number of fused-ring (bicyclic) bond motifs is 1. The molecule has 1 heterocycles. The standard InChI is InChI=1S/C17H18N2O3/c18-13-6-7-14-15(11-13)22-16(17(21)19(14)8-9-20)10-12-4-2-1-3-5-12/h1-7,11,16,20H,8-10,18H2. The summed E-state index contributed by atoms with van der Waals surface area (Å²) in [6, 6.07) is 14.9. The van der Waals surface area contributed by atoms with E-state index in [4.69, 9.17) is 10.5 Å². The maximum atomic E-state index is 12.6. The van der Waals surface area contributed by atoms with Crippen LogP contribution in [0.5, 0.6) is 5.75 Å². The molecule has 1 amide bonds. The molecule has 0 bridgehead atoms. The first-order chi connectivity index (χ1) is 10.7. The minimum absolute atomic E-state index is 0.104. The third kappa shape index (κ3) is 2.76. The fourth-order valence-corrected chi connectivity index (χ4v) is 2.63. The van der Waals surface area contributed by atoms with Gasteiger partial charge in [0.25, 0.3) is 5.91 Å². The van der Waals surface area contributed by atoms with Gasteiger partial charge in [-0.2, -0.15) is 0 Å². The number of hydrogen-bond acceptors (Lipinski definition) is 4. The van der Waals surface area contributed by atoms with Crippen LogP contribution in [-0.2, 0) is 11.2 Å². The molecule has 5 nitrogen and oxygen atoms in total. The molecule has 0 spiro atoms. The molecule has 1 unspecified atom stereocenters. The predicted octanol–water partition coefficient (Wildman–Crippen LogP) is 1.60. The SMILES string of the molecule is Nc1ccc2c(c1)OC(Cc1ccccc1)C(=O)N2CCO. The van der Waals surface area contributed by atoms with E-state index >= 15 is 0 Å². The van der Waals surface area contributed by atoms with Gasteiger partial charge in [0.1, 0.15) is 5.75 Å². The largest absolute Gasteiger partial charge is 0.478 e. The molecule has 22 heavy (non-hydrogen) atoms. The Balaban J connectivity index is 1.92. The van der Waals surface area contributed by atoms with Gasteiger partial charge in [0.15, 0.2) is 6.10 Å². The van der Waals surface area contributed by atoms with E-state index < -0.39 is 6.10 Å². The zero-order valence-corrected chi connectivity index (χ0v) is 12.1. The molecular weight excluding hydrogens is 280 g/mol. The molecule has 0 saturated heterocycles. The fourth-order valence-electron chi connectivity index (χ4n) is 2.63. The second kappa shape index (κ2) is 6.07. The number of nitrogen functional groups attached to an aromatic ring is 1. The van der Waals surface area contributed by atoms with Crippen molar-refractivity contribution < 1.29 is 14.6 Å². The predicted molar refractivity (Wildman–Crippen MR) is 84.9 cm³/mol. The van der Waals surface area contributed by atoms with Crippen LogP contribution in [0.4, 0.5) is 11.4 Å². The summed E-state index contributed by atoms with van der Waals surface area (Å²) in [6.07, 6.45) is -0.126. The summed E-state index contributed by atoms with van der Waals surface area (Å²) in [5.74, 6) is 0.434. The van der Waals surface area contributed by atoms with Crippen molar-refractivity contribution >= 4 is 17.3 Å². The van der Waals surface area contributed by atoms with E-state index in [0.717, 1.165) is 5.56 Å². The van der Waals surface area contributed by atoms with Gasteiger partial charge >= 0.3 is 0 Å². The van der Waals surface area contributed by atoms with Gasteiger partial charge in [-0.1, -0.05) is 30.3 Å². The van der Waals surface area contributed by atoms with E-state index in [1.807, 2.05) is 30.3 Å². The van der Waals surface area contributed by atoms with E-state index in [9.17, 15) is 9.90 Å². The molecule has 114 valence electrons. The van der Waals surface area contributed by atoms with Crippen LogP contribution < -0.4 is 15.4 Å². The number of aliphatic hydroxyl groups is 1. The number of benzene rings is 2. The maximum Gasteiger partial charge on any atom is 0.268 e. The van der Waals surface area contributed by atoms with Crippen LogP contribution in [0.15, 0.2) is 48.5 Å². The monoisotopic (exact) mass is 298 g/mol. The summed E-state index contributed by atoms with van der Waals surface area (Å²) in [5, 5.41) is 9.23. The summed E-state index contributed by atoms with van der Waals surface area (Å²) in [5.41, 5.74) is 8.06. The number of carbonyl (C=O) groups is 1. The van der Waals surface area contributed by atoms with E-state index in [1.165, 1.54) is 0 Å². The molecule has 0 aliphatic carbocycles. The summed E-state index contributed by atoms with van der Waals surface area (Å²) in [6.45, 7) is 0.137. The molecule has 0 saturated carbocycles. The number of nitrogens with zero attached hydrogens (tertiary/aromatic N) is 1. The minimum Gasteiger partial charge on any atom is -0.478 e. The average Bonchev–Trinajstić information content (AvgIpc) is 2.52. The Labute approximate surface area is 128 Å². The van der Waals surface area contributed by atoms with Crippen molar-refractivity contribution in [2.24, 2.45) is 0 Å². The third-order valence-electron chi connectivity index (χ3n) is 3.67. The molecule has 5 heteroatoms. The highest BCUT2D eigenvalue weighted by atomic mass is 16.5. The summed E-state index contributed by atoms with van der Waals surface area (Å²) >= 11 is 0. The van der Waals surface area contributed by atoms with Gasteiger partial charge < -0.3 is 20.5 Å². The molecule has 0 aromatic heterocycles. The Kier molecular flexibility index (Phi) is 3.98. The highest BCUT2D eigenvalue weighted by Crippen LogP contribution is 2.36. The first-order valence-corrected chi connectivity index (χ1v) is 7.21. The molecule has 3 rings (SSSR count). The van der Waals surface area contributed by atoms with Crippen molar-refractivity contribution in [2.45, 2.75) is 12.5 Å². The second-order valence-electron chi connectivity index (χ2n) is 5.24. The van der Waals surface area contributed by atoms with Crippen molar-refractivity contribution in [3.63, 3.8) is 0 Å². The topological polar surface area (TPSA) is 75.8 Å². The van der Waals surface area contributed by atoms with Gasteiger partial charge in [-0.25, -0.2) is 0 Å². The number of β-amino-alcohol motifs (C(OH)–C–C–N with tert-alkyl or cyclic N) is 1. The number of hydrogen-bond donors (Lipinski definition) is 2. The van der Waals surface area contributed by atoms with Crippen molar-refractivity contribution in [1.29, 1.82) is 0 Å². The Morgan fingerprint density at radius 3 is 2.68 bits per heavy atom. The molecule has 2 aromatic carbocycles. The Hall–Kier alpha value is -2.53. The number of ether oxygens (including phenoxy) is 1. The molecule has 1 aliphatic rings. The highest BCUT2D eigenvalue weighted by molar-refractivity contribution is 6.00. The molecule has 0 fully saturated rings. The fraction of sp³-hybridized carbons (Fsp3) is 0.235. The molecule has 0 radical (unpaired) electrons. The summed E-state index contributed by atoms with van der Waals surface area (Å²) in [7, 11) is 0. The quantitative estimate of drug-likeness (QED) is 0.841. The zero-order valence-electron chi connectivity index (χ0n) is 12.1. The van der Waals surface area contributed by atoms with Gasteiger partial charge in [-0.15, -0.1) is 0 Å². The van der Waals surface area contributed by atoms with Crippen LogP contribution in [0.1, 0.15) is 5.56 Å². The lowest BCUT2D eigenvalue weighted by Gasteiger charge is -2.34. The van der Waals surface area contributed by atoms with Crippen LogP contribution >= 0.6 is 0 Å². The molecule has 3 N–H and O–H groups in total. The Bertz CT molecular complexity index is 673. The van der Waals surface area contributed by atoms with E-state index in [-0.39, 0.29) is 19.1 Å². The van der Waals surface area contributed by atoms with E-state index in [1.54, 1.807) is 23.1 Å². The number of nitrogens with two attached hydrogens (primary N) is 1. The number of aliphatic hydroxyl groups excluding tert-OH is 1. The summed E-state index contributed by atoms with van der Waals surface area (Å²) < 4.78 is 5.85. The lowest BCUT2D eigenvalue weighted by atomic mass is 10.0. The van der Waals surface area contributed by atoms with Crippen molar-refractivity contribution in [3.05, 3.63) is 54.1 Å². The highest BCUT2D eigenvalue weighted by Gasteiger charge is 2.34. The van der Waals surface area contributed by atoms with Crippen LogP contribution in [0.2, 0.25) is 0 Å². The van der Waals surface area contributed by atoms with Crippen molar-refractivity contribution in [2.75, 3.05) is 23.8 Å². The molecule has 1 aliphatic heterocycles. The first kappa shape index (κ1) is 14.4. The molecule has 1 atom stereocenters. The van der Waals surface area contributed by atoms with E-state index in [2.05, 4.69) is 0 Å². The van der Waals surface area contributed by atoms with Gasteiger partial charge in [-0.3, -0.25) is 4.79 Å². The Morgan fingerprint density at radius 1 is 1.18 bits per heavy atom. The van der Waals surface area contributed by atoms with Crippen LogP contribution in [0.25, 0.3) is 0 Å². The first-order valence-electron chi connectivity index (χ1n) is 7.21. The lowest BCUT2D eigenvalue weighted by molar-refractivity contribution is -0.126. The number of carbonyl (C=O) groups excluding carboxylic acids is 1. The number of rotatable bonds is 4. The number of anilines is 2. The lowest BCUT2D eigenvalue weighted by Crippen LogP contribution is -2.48. The maximum absolute atomic E-state index is 12.6. The molecule has 2 aromatic rings.